The summed E-state index contributed by atoms with van der Waals surface area (Å²) < 4.78 is 1.94. The number of benzene rings is 1. The number of pyridine rings is 1. The first kappa shape index (κ1) is 22.5. The lowest BCUT2D eigenvalue weighted by molar-refractivity contribution is -0.110. The number of anilines is 2. The molecule has 4 rings (SSSR count). The second-order valence-corrected chi connectivity index (χ2v) is 8.48. The Hall–Kier alpha value is -3.70. The average Bonchev–Trinajstić information content (AvgIpc) is 3.30. The van der Waals surface area contributed by atoms with Crippen LogP contribution in [0.5, 0.6) is 0 Å². The van der Waals surface area contributed by atoms with E-state index in [4.69, 9.17) is 11.1 Å². The first-order valence-corrected chi connectivity index (χ1v) is 11.2. The first-order chi connectivity index (χ1) is 15.9. The van der Waals surface area contributed by atoms with Crippen LogP contribution in [0.2, 0.25) is 0 Å². The molecule has 0 aliphatic heterocycles. The molecule has 170 valence electrons. The van der Waals surface area contributed by atoms with Gasteiger partial charge in [-0.2, -0.15) is 0 Å². The summed E-state index contributed by atoms with van der Waals surface area (Å²) >= 11 is 0. The fourth-order valence-electron chi connectivity index (χ4n) is 4.52. The number of nitrogen functional groups attached to an aromatic ring is 1. The van der Waals surface area contributed by atoms with Crippen LogP contribution in [0.15, 0.2) is 35.4 Å². The zero-order valence-electron chi connectivity index (χ0n) is 18.9. The Morgan fingerprint density at radius 2 is 2.12 bits per heavy atom. The van der Waals surface area contributed by atoms with Crippen molar-refractivity contribution in [2.75, 3.05) is 11.1 Å². The maximum absolute atomic E-state index is 13.6. The SMILES string of the molecule is Cc1cccc2cc(CNc3ncnc(N)c3C(=[NH2+])C#C[C@@H](C)O)n(C3CCCC3)c(=O)c12. The number of aliphatic hydroxyl groups excluding tert-OH is 1. The fourth-order valence-corrected chi connectivity index (χ4v) is 4.52. The predicted molar refractivity (Wildman–Crippen MR) is 130 cm³/mol. The largest absolute Gasteiger partial charge is 0.383 e. The summed E-state index contributed by atoms with van der Waals surface area (Å²) in [7, 11) is 0. The summed E-state index contributed by atoms with van der Waals surface area (Å²) in [6.45, 7) is 3.88. The molecule has 1 saturated carbocycles. The van der Waals surface area contributed by atoms with Crippen molar-refractivity contribution in [3.8, 4) is 11.8 Å². The number of aliphatic hydroxyl groups is 1. The van der Waals surface area contributed by atoms with Crippen LogP contribution in [0.25, 0.3) is 10.8 Å². The lowest BCUT2D eigenvalue weighted by atomic mass is 10.0. The highest BCUT2D eigenvalue weighted by Crippen LogP contribution is 2.31. The molecule has 1 aliphatic carbocycles. The summed E-state index contributed by atoms with van der Waals surface area (Å²) in [6.07, 6.45) is 4.75. The van der Waals surface area contributed by atoms with Crippen molar-refractivity contribution in [2.24, 2.45) is 0 Å². The standard InChI is InChI=1S/C25H28N6O2/c1-15-6-5-7-17-12-19(31(25(33)21(15)17)18-8-3-4-9-18)13-28-24-22(23(27)29-14-30-24)20(26)11-10-16(2)32/h5-7,12,14,16,18,26,32H,3-4,8-9,13H2,1-2H3,(H3,27,28,29,30)/p+1/t16-/m1/s1. The topological polar surface area (TPSA) is 132 Å². The molecule has 2 aromatic heterocycles. The van der Waals surface area contributed by atoms with Gasteiger partial charge in [0.25, 0.3) is 11.3 Å². The molecule has 1 aromatic carbocycles. The predicted octanol–water partition coefficient (Wildman–Crippen LogP) is 1.34. The summed E-state index contributed by atoms with van der Waals surface area (Å²) in [6, 6.07) is 8.16. The number of rotatable bonds is 5. The first-order valence-electron chi connectivity index (χ1n) is 11.2. The Morgan fingerprint density at radius 1 is 1.36 bits per heavy atom. The van der Waals surface area contributed by atoms with E-state index in [9.17, 15) is 9.90 Å². The monoisotopic (exact) mass is 445 g/mol. The fraction of sp³-hybridized carbons (Fsp3) is 0.360. The van der Waals surface area contributed by atoms with Crippen LogP contribution in [-0.2, 0) is 6.54 Å². The molecule has 33 heavy (non-hydrogen) atoms. The molecule has 0 saturated heterocycles. The number of hydrogen-bond acceptors (Lipinski definition) is 6. The molecule has 0 bridgehead atoms. The molecule has 0 unspecified atom stereocenters. The average molecular weight is 446 g/mol. The van der Waals surface area contributed by atoms with Crippen molar-refractivity contribution in [3.63, 3.8) is 0 Å². The van der Waals surface area contributed by atoms with Crippen LogP contribution in [0.1, 0.15) is 55.5 Å². The Labute approximate surface area is 192 Å². The van der Waals surface area contributed by atoms with Gasteiger partial charge in [-0.25, -0.2) is 15.4 Å². The third-order valence-electron chi connectivity index (χ3n) is 6.06. The maximum Gasteiger partial charge on any atom is 0.263 e. The maximum atomic E-state index is 13.6. The molecular weight excluding hydrogens is 416 g/mol. The van der Waals surface area contributed by atoms with Gasteiger partial charge in [-0.1, -0.05) is 37.0 Å². The number of hydrogen-bond donors (Lipinski definition) is 4. The Bertz CT molecular complexity index is 1330. The number of aryl methyl sites for hydroxylation is 1. The van der Waals surface area contributed by atoms with Crippen LogP contribution < -0.4 is 22.0 Å². The molecule has 1 atom stereocenters. The second kappa shape index (κ2) is 9.43. The summed E-state index contributed by atoms with van der Waals surface area (Å²) in [5.41, 5.74) is 8.52. The van der Waals surface area contributed by atoms with Gasteiger partial charge in [-0.15, -0.1) is 0 Å². The summed E-state index contributed by atoms with van der Waals surface area (Å²) in [5.74, 6) is 5.94. The Balaban J connectivity index is 1.75. The lowest BCUT2D eigenvalue weighted by Gasteiger charge is -2.21. The third-order valence-corrected chi connectivity index (χ3v) is 6.06. The van der Waals surface area contributed by atoms with E-state index in [2.05, 4.69) is 33.2 Å². The molecule has 0 amide bonds. The number of aromatic nitrogens is 3. The van der Waals surface area contributed by atoms with Crippen LogP contribution in [0, 0.1) is 18.8 Å². The van der Waals surface area contributed by atoms with Crippen LogP contribution in [0.4, 0.5) is 11.6 Å². The quantitative estimate of drug-likeness (QED) is 0.346. The van der Waals surface area contributed by atoms with E-state index in [-0.39, 0.29) is 23.1 Å². The van der Waals surface area contributed by atoms with Crippen LogP contribution in [0.3, 0.4) is 0 Å². The molecule has 3 aromatic rings. The molecule has 8 nitrogen and oxygen atoms in total. The van der Waals surface area contributed by atoms with Crippen molar-refractivity contribution in [3.05, 3.63) is 57.8 Å². The van der Waals surface area contributed by atoms with Crippen molar-refractivity contribution >= 4 is 28.1 Å². The molecule has 0 spiro atoms. The van der Waals surface area contributed by atoms with Gasteiger partial charge < -0.3 is 20.7 Å². The second-order valence-electron chi connectivity index (χ2n) is 8.48. The molecular formula is C25H29N6O2+. The van der Waals surface area contributed by atoms with Gasteiger partial charge in [-0.3, -0.25) is 4.79 Å². The van der Waals surface area contributed by atoms with Crippen molar-refractivity contribution < 1.29 is 10.5 Å². The normalized spacial score (nSPS) is 14.6. The van der Waals surface area contributed by atoms with E-state index < -0.39 is 6.10 Å². The van der Waals surface area contributed by atoms with E-state index in [0.717, 1.165) is 47.7 Å². The van der Waals surface area contributed by atoms with Crippen LogP contribution >= 0.6 is 0 Å². The minimum atomic E-state index is -0.826. The zero-order chi connectivity index (χ0) is 23.5. The number of nitrogens with two attached hydrogens (primary N) is 2. The molecule has 2 heterocycles. The summed E-state index contributed by atoms with van der Waals surface area (Å²) in [5, 5.41) is 20.6. The number of nitrogens with one attached hydrogen (secondary N) is 1. The van der Waals surface area contributed by atoms with Gasteiger partial charge in [0.05, 0.1) is 11.9 Å². The van der Waals surface area contributed by atoms with Gasteiger partial charge in [0.1, 0.15) is 29.6 Å². The Morgan fingerprint density at radius 3 is 2.85 bits per heavy atom. The van der Waals surface area contributed by atoms with Crippen molar-refractivity contribution in [1.82, 2.24) is 14.5 Å². The van der Waals surface area contributed by atoms with Crippen molar-refractivity contribution in [1.29, 1.82) is 0 Å². The molecule has 1 fully saturated rings. The lowest BCUT2D eigenvalue weighted by Crippen LogP contribution is -2.40. The smallest absolute Gasteiger partial charge is 0.263 e. The van der Waals surface area contributed by atoms with E-state index in [1.54, 1.807) is 6.92 Å². The van der Waals surface area contributed by atoms with E-state index in [1.165, 1.54) is 6.33 Å². The number of fused-ring (bicyclic) bond motifs is 1. The highest BCUT2D eigenvalue weighted by atomic mass is 16.3. The van der Waals surface area contributed by atoms with E-state index >= 15 is 0 Å². The van der Waals surface area contributed by atoms with Crippen LogP contribution in [-0.4, -0.2) is 31.5 Å². The van der Waals surface area contributed by atoms with Gasteiger partial charge in [0.2, 0.25) is 0 Å². The van der Waals surface area contributed by atoms with Gasteiger partial charge in [-0.05, 0) is 43.7 Å². The highest BCUT2D eigenvalue weighted by Gasteiger charge is 2.23. The third kappa shape index (κ3) is 4.59. The zero-order valence-corrected chi connectivity index (χ0v) is 18.9. The highest BCUT2D eigenvalue weighted by molar-refractivity contribution is 6.14. The molecule has 0 radical (unpaired) electrons. The summed E-state index contributed by atoms with van der Waals surface area (Å²) in [4.78, 5) is 21.9. The van der Waals surface area contributed by atoms with Crippen molar-refractivity contribution in [2.45, 2.75) is 58.2 Å². The minimum absolute atomic E-state index is 0.0469. The number of nitrogens with zero attached hydrogens (tertiary/aromatic N) is 3. The molecule has 1 aliphatic rings. The minimum Gasteiger partial charge on any atom is -0.383 e. The molecule has 8 heteroatoms. The Kier molecular flexibility index (Phi) is 6.43. The van der Waals surface area contributed by atoms with E-state index in [1.807, 2.05) is 29.7 Å². The van der Waals surface area contributed by atoms with E-state index in [0.29, 0.717) is 17.9 Å². The van der Waals surface area contributed by atoms with Gasteiger partial charge in [0.15, 0.2) is 0 Å². The van der Waals surface area contributed by atoms with Gasteiger partial charge in [0, 0.05) is 17.7 Å². The molecule has 6 N–H and O–H groups in total. The van der Waals surface area contributed by atoms with Gasteiger partial charge >= 0.3 is 0 Å².